The van der Waals surface area contributed by atoms with Crippen molar-refractivity contribution in [3.8, 4) is 0 Å². The lowest BCUT2D eigenvalue weighted by atomic mass is 10.6. The van der Waals surface area contributed by atoms with Gasteiger partial charge in [-0.15, -0.1) is 6.58 Å². The molecule has 5 heteroatoms. The van der Waals surface area contributed by atoms with Gasteiger partial charge in [0.25, 0.3) is 0 Å². The first kappa shape index (κ1) is 16.2. The van der Waals surface area contributed by atoms with Crippen LogP contribution >= 0.6 is 0 Å². The summed E-state index contributed by atoms with van der Waals surface area (Å²) in [4.78, 5) is 0. The van der Waals surface area contributed by atoms with E-state index in [2.05, 4.69) is 13.5 Å². The van der Waals surface area contributed by atoms with Crippen molar-refractivity contribution >= 4 is 8.80 Å². The highest BCUT2D eigenvalue weighted by molar-refractivity contribution is 6.60. The molecule has 0 saturated carbocycles. The van der Waals surface area contributed by atoms with Crippen LogP contribution in [0.25, 0.3) is 0 Å². The predicted octanol–water partition coefficient (Wildman–Crippen LogP) is 1.88. The Morgan fingerprint density at radius 3 is 1.64 bits per heavy atom. The Morgan fingerprint density at radius 2 is 1.57 bits per heavy atom. The molecule has 0 aliphatic heterocycles. The highest BCUT2D eigenvalue weighted by Crippen LogP contribution is 2.13. The van der Waals surface area contributed by atoms with Gasteiger partial charge in [-0.25, -0.2) is 5.11 Å². The maximum absolute atomic E-state index is 9.18. The second-order valence-electron chi connectivity index (χ2n) is 2.50. The molecular weight excluding hydrogens is 200 g/mol. The van der Waals surface area contributed by atoms with Crippen LogP contribution in [0.1, 0.15) is 13.3 Å². The van der Waals surface area contributed by atoms with Gasteiger partial charge in [-0.2, -0.15) is 0 Å². The molecule has 0 aromatic heterocycles. The third-order valence-corrected chi connectivity index (χ3v) is 4.59. The first-order valence-corrected chi connectivity index (χ1v) is 6.43. The molecule has 0 saturated heterocycles. The van der Waals surface area contributed by atoms with Crippen molar-refractivity contribution in [2.75, 3.05) is 27.9 Å². The Hall–Kier alpha value is -0.203. The van der Waals surface area contributed by atoms with Gasteiger partial charge in [0, 0.05) is 27.4 Å². The smallest absolute Gasteiger partial charge is 0.377 e. The molecule has 0 bridgehead atoms. The first-order valence-electron chi connectivity index (χ1n) is 4.50. The monoisotopic (exact) mass is 221 g/mol. The third-order valence-electron chi connectivity index (χ3n) is 1.61. The van der Waals surface area contributed by atoms with E-state index in [9.17, 15) is 5.11 Å². The molecule has 0 aliphatic carbocycles. The lowest BCUT2D eigenvalue weighted by molar-refractivity contribution is 0.123. The maximum atomic E-state index is 9.18. The zero-order valence-electron chi connectivity index (χ0n) is 9.54. The van der Waals surface area contributed by atoms with Gasteiger partial charge in [0.2, 0.25) is 0 Å². The summed E-state index contributed by atoms with van der Waals surface area (Å²) in [7, 11) is 2.68. The van der Waals surface area contributed by atoms with Gasteiger partial charge in [-0.3, -0.25) is 0 Å². The second-order valence-corrected chi connectivity index (χ2v) is 5.59. The molecule has 4 nitrogen and oxygen atoms in total. The quantitative estimate of drug-likeness (QED) is 0.508. The Labute approximate surface area is 87.9 Å². The molecule has 0 rings (SSSR count). The molecule has 0 N–H and O–H groups in total. The van der Waals surface area contributed by atoms with Crippen molar-refractivity contribution in [1.82, 2.24) is 0 Å². The average molecular weight is 221 g/mol. The highest BCUT2D eigenvalue weighted by Gasteiger charge is 2.36. The van der Waals surface area contributed by atoms with E-state index < -0.39 is 8.80 Å². The van der Waals surface area contributed by atoms with E-state index in [1.54, 1.807) is 21.3 Å². The normalized spacial score (nSPS) is 10.4. The summed E-state index contributed by atoms with van der Waals surface area (Å²) in [6.45, 7) is 5.08. The van der Waals surface area contributed by atoms with Crippen molar-refractivity contribution < 1.29 is 18.4 Å². The largest absolute Gasteiger partial charge is 0.500 e. The van der Waals surface area contributed by atoms with Crippen LogP contribution in [0.5, 0.6) is 0 Å². The molecule has 0 unspecified atom stereocenters. The fourth-order valence-electron chi connectivity index (χ4n) is 0.862. The third kappa shape index (κ3) is 7.22. The SMILES string of the molecule is C=CC[O].CCC[Si](OC)(OC)OC. The molecule has 0 amide bonds. The van der Waals surface area contributed by atoms with E-state index >= 15 is 0 Å². The van der Waals surface area contributed by atoms with Crippen molar-refractivity contribution in [3.63, 3.8) is 0 Å². The van der Waals surface area contributed by atoms with Crippen LogP contribution in [0.3, 0.4) is 0 Å². The van der Waals surface area contributed by atoms with E-state index in [1.165, 1.54) is 6.08 Å². The summed E-state index contributed by atoms with van der Waals surface area (Å²) in [5.74, 6) is 0. The molecule has 14 heavy (non-hydrogen) atoms. The molecule has 0 fully saturated rings. The number of hydrogen-bond acceptors (Lipinski definition) is 3. The molecular formula is C9H21O4Si. The fraction of sp³-hybridized carbons (Fsp3) is 0.778. The van der Waals surface area contributed by atoms with Gasteiger partial charge >= 0.3 is 8.80 Å². The lowest BCUT2D eigenvalue weighted by Gasteiger charge is -2.23. The summed E-state index contributed by atoms with van der Waals surface area (Å²) in [5.41, 5.74) is 0. The summed E-state index contributed by atoms with van der Waals surface area (Å²) in [6, 6.07) is 0.885. The Kier molecular flexibility index (Phi) is 12.6. The van der Waals surface area contributed by atoms with E-state index in [-0.39, 0.29) is 6.61 Å². The predicted molar refractivity (Wildman–Crippen MR) is 57.6 cm³/mol. The minimum atomic E-state index is -2.22. The molecule has 0 heterocycles. The second kappa shape index (κ2) is 10.9. The minimum Gasteiger partial charge on any atom is -0.377 e. The van der Waals surface area contributed by atoms with Crippen LogP contribution in [-0.4, -0.2) is 36.7 Å². The number of rotatable bonds is 6. The molecule has 0 atom stereocenters. The van der Waals surface area contributed by atoms with Gasteiger partial charge < -0.3 is 13.3 Å². The van der Waals surface area contributed by atoms with Crippen LogP contribution in [-0.2, 0) is 18.4 Å². The van der Waals surface area contributed by atoms with Crippen LogP contribution < -0.4 is 0 Å². The summed E-state index contributed by atoms with van der Waals surface area (Å²) in [5, 5.41) is 9.18. The van der Waals surface area contributed by atoms with Crippen LogP contribution in [0.15, 0.2) is 12.7 Å². The van der Waals surface area contributed by atoms with E-state index in [0.717, 1.165) is 12.5 Å². The highest BCUT2D eigenvalue weighted by atomic mass is 28.4. The summed E-state index contributed by atoms with van der Waals surface area (Å²) < 4.78 is 15.5. The van der Waals surface area contributed by atoms with Crippen molar-refractivity contribution in [3.05, 3.63) is 12.7 Å². The van der Waals surface area contributed by atoms with Crippen molar-refractivity contribution in [1.29, 1.82) is 0 Å². The standard InChI is InChI=1S/C6H16O3Si.C3H5O/c1-5-6-10(7-2,8-3)9-4;1-2-3-4/h5-6H2,1-4H3;2H,1,3H2. The van der Waals surface area contributed by atoms with Crippen LogP contribution in [0.2, 0.25) is 6.04 Å². The molecule has 0 aromatic rings. The van der Waals surface area contributed by atoms with E-state index in [0.29, 0.717) is 0 Å². The zero-order valence-corrected chi connectivity index (χ0v) is 10.5. The first-order chi connectivity index (χ1) is 6.66. The van der Waals surface area contributed by atoms with Gasteiger partial charge in [-0.1, -0.05) is 19.4 Å². The Bertz CT molecular complexity index is 118. The molecule has 0 spiro atoms. The Balaban J connectivity index is 0. The minimum absolute atomic E-state index is 0.167. The fourth-order valence-corrected chi connectivity index (χ4v) is 2.59. The van der Waals surface area contributed by atoms with E-state index in [4.69, 9.17) is 13.3 Å². The molecule has 1 radical (unpaired) electrons. The number of hydrogen-bond donors (Lipinski definition) is 0. The molecule has 0 aliphatic rings. The summed E-state index contributed by atoms with van der Waals surface area (Å²) in [6.07, 6.45) is 2.35. The molecule has 85 valence electrons. The van der Waals surface area contributed by atoms with Gasteiger partial charge in [0.15, 0.2) is 0 Å². The van der Waals surface area contributed by atoms with Crippen LogP contribution in [0.4, 0.5) is 0 Å². The topological polar surface area (TPSA) is 47.6 Å². The lowest BCUT2D eigenvalue weighted by Crippen LogP contribution is -2.42. The van der Waals surface area contributed by atoms with Gasteiger partial charge in [-0.05, 0) is 0 Å². The summed E-state index contributed by atoms with van der Waals surface area (Å²) >= 11 is 0. The maximum Gasteiger partial charge on any atom is 0.500 e. The zero-order chi connectivity index (χ0) is 11.4. The van der Waals surface area contributed by atoms with Gasteiger partial charge in [0.05, 0.1) is 0 Å². The van der Waals surface area contributed by atoms with Gasteiger partial charge in [0.1, 0.15) is 6.61 Å². The van der Waals surface area contributed by atoms with E-state index in [1.807, 2.05) is 0 Å². The Morgan fingerprint density at radius 1 is 1.21 bits per heavy atom. The van der Waals surface area contributed by atoms with Crippen LogP contribution in [0, 0.1) is 0 Å². The van der Waals surface area contributed by atoms with Crippen molar-refractivity contribution in [2.24, 2.45) is 0 Å². The molecule has 0 aromatic carbocycles. The van der Waals surface area contributed by atoms with Crippen molar-refractivity contribution in [2.45, 2.75) is 19.4 Å². The average Bonchev–Trinajstić information content (AvgIpc) is 2.26.